The summed E-state index contributed by atoms with van der Waals surface area (Å²) in [7, 11) is 0. The topological polar surface area (TPSA) is 57.8 Å². The highest BCUT2D eigenvalue weighted by Crippen LogP contribution is 2.37. The van der Waals surface area contributed by atoms with Crippen molar-refractivity contribution in [1.29, 1.82) is 0 Å². The fourth-order valence-electron chi connectivity index (χ4n) is 2.04. The molecule has 114 valence electrons. The molecule has 2 rings (SSSR count). The van der Waals surface area contributed by atoms with Crippen LogP contribution < -0.4 is 5.32 Å². The molecule has 21 heavy (non-hydrogen) atoms. The summed E-state index contributed by atoms with van der Waals surface area (Å²) in [6, 6.07) is 2.07. The Labute approximate surface area is 123 Å². The molecule has 0 fully saturated rings. The Morgan fingerprint density at radius 3 is 2.48 bits per heavy atom. The van der Waals surface area contributed by atoms with Crippen LogP contribution in [0.2, 0.25) is 5.02 Å². The lowest BCUT2D eigenvalue weighted by Gasteiger charge is -2.22. The molecule has 1 aromatic heterocycles. The number of carbonyl (C=O) groups is 1. The first-order valence-corrected chi connectivity index (χ1v) is 6.44. The van der Waals surface area contributed by atoms with Gasteiger partial charge in [0.15, 0.2) is 0 Å². The molecule has 0 saturated heterocycles. The first-order valence-electron chi connectivity index (χ1n) is 6.06. The lowest BCUT2D eigenvalue weighted by molar-refractivity contribution is -0.137. The fourth-order valence-corrected chi connectivity index (χ4v) is 2.31. The Morgan fingerprint density at radius 1 is 1.33 bits per heavy atom. The summed E-state index contributed by atoms with van der Waals surface area (Å²) in [6.45, 7) is 4.74. The van der Waals surface area contributed by atoms with Crippen molar-refractivity contribution < 1.29 is 18.0 Å². The highest BCUT2D eigenvalue weighted by Gasteiger charge is 2.34. The van der Waals surface area contributed by atoms with Crippen LogP contribution in [0.25, 0.3) is 11.0 Å². The Morgan fingerprint density at radius 2 is 1.95 bits per heavy atom. The monoisotopic (exact) mass is 319 g/mol. The van der Waals surface area contributed by atoms with E-state index < -0.39 is 22.3 Å². The van der Waals surface area contributed by atoms with Gasteiger partial charge in [-0.2, -0.15) is 13.2 Å². The molecule has 0 bridgehead atoms. The first kappa shape index (κ1) is 15.6. The first-order chi connectivity index (χ1) is 9.50. The lowest BCUT2D eigenvalue weighted by atomic mass is 10.1. The van der Waals surface area contributed by atoms with Crippen molar-refractivity contribution in [1.82, 2.24) is 15.3 Å². The molecular formula is C13H13ClF3N3O. The number of H-pyrrole nitrogens is 1. The van der Waals surface area contributed by atoms with Crippen molar-refractivity contribution in [2.24, 2.45) is 0 Å². The molecule has 1 heterocycles. The summed E-state index contributed by atoms with van der Waals surface area (Å²) in [4.78, 5) is 18.2. The molecular weight excluding hydrogens is 307 g/mol. The highest BCUT2D eigenvalue weighted by molar-refractivity contribution is 6.32. The van der Waals surface area contributed by atoms with Crippen LogP contribution in [0.4, 0.5) is 13.2 Å². The summed E-state index contributed by atoms with van der Waals surface area (Å²) >= 11 is 5.65. The third kappa shape index (κ3) is 3.12. The maximum atomic E-state index is 12.8. The Balaban J connectivity index is 2.55. The van der Waals surface area contributed by atoms with E-state index in [4.69, 9.17) is 11.6 Å². The molecule has 2 N–H and O–H groups in total. The van der Waals surface area contributed by atoms with Gasteiger partial charge in [0.1, 0.15) is 5.82 Å². The van der Waals surface area contributed by atoms with Gasteiger partial charge in [0.25, 0.3) is 0 Å². The molecule has 0 aliphatic heterocycles. The number of nitrogens with zero attached hydrogens (tertiary/aromatic N) is 1. The molecule has 0 spiro atoms. The van der Waals surface area contributed by atoms with Crippen molar-refractivity contribution in [2.75, 3.05) is 0 Å². The summed E-state index contributed by atoms with van der Waals surface area (Å²) in [5.41, 5.74) is -1.25. The van der Waals surface area contributed by atoms with Gasteiger partial charge in [0.2, 0.25) is 5.91 Å². The van der Waals surface area contributed by atoms with Crippen LogP contribution in [0, 0.1) is 0 Å². The maximum Gasteiger partial charge on any atom is 0.417 e. The molecule has 0 aliphatic carbocycles. The quantitative estimate of drug-likeness (QED) is 0.888. The van der Waals surface area contributed by atoms with Gasteiger partial charge in [0.05, 0.1) is 27.2 Å². The number of rotatable bonds is 2. The van der Waals surface area contributed by atoms with Crippen LogP contribution in [0.5, 0.6) is 0 Å². The number of hydrogen-bond acceptors (Lipinski definition) is 2. The summed E-state index contributed by atoms with van der Waals surface area (Å²) in [5.74, 6) is 0.0811. The van der Waals surface area contributed by atoms with Crippen molar-refractivity contribution >= 4 is 28.5 Å². The predicted molar refractivity (Wildman–Crippen MR) is 72.9 cm³/mol. The van der Waals surface area contributed by atoms with Crippen LogP contribution in [-0.4, -0.2) is 15.9 Å². The third-order valence-electron chi connectivity index (χ3n) is 2.96. The zero-order valence-electron chi connectivity index (χ0n) is 11.5. The number of carbonyl (C=O) groups excluding carboxylic acids is 1. The smallest absolute Gasteiger partial charge is 0.344 e. The standard InChI is InChI=1S/C13H13ClF3N3O/c1-6(21)20-12(2,3)11-18-9-4-7(13(15,16)17)8(14)5-10(9)19-11/h4-5H,1-3H3,(H,18,19)(H,20,21). The molecule has 0 unspecified atom stereocenters. The Bertz CT molecular complexity index is 706. The highest BCUT2D eigenvalue weighted by atomic mass is 35.5. The van der Waals surface area contributed by atoms with Crippen molar-refractivity contribution in [3.05, 3.63) is 28.5 Å². The molecule has 8 heteroatoms. The molecule has 0 aliphatic rings. The van der Waals surface area contributed by atoms with Gasteiger partial charge in [-0.25, -0.2) is 4.98 Å². The Kier molecular flexibility index (Phi) is 3.65. The van der Waals surface area contributed by atoms with Crippen LogP contribution in [0.3, 0.4) is 0 Å². The van der Waals surface area contributed by atoms with Gasteiger partial charge in [0, 0.05) is 6.92 Å². The number of aromatic amines is 1. The van der Waals surface area contributed by atoms with Gasteiger partial charge in [-0.3, -0.25) is 4.79 Å². The van der Waals surface area contributed by atoms with E-state index in [1.165, 1.54) is 6.92 Å². The van der Waals surface area contributed by atoms with Crippen LogP contribution in [-0.2, 0) is 16.5 Å². The van der Waals surface area contributed by atoms with Crippen LogP contribution >= 0.6 is 11.6 Å². The summed E-state index contributed by atoms with van der Waals surface area (Å²) in [5, 5.41) is 2.26. The zero-order valence-corrected chi connectivity index (χ0v) is 12.3. The minimum atomic E-state index is -4.54. The van der Waals surface area contributed by atoms with E-state index in [2.05, 4.69) is 15.3 Å². The van der Waals surface area contributed by atoms with Gasteiger partial charge >= 0.3 is 6.18 Å². The minimum Gasteiger partial charge on any atom is -0.344 e. The molecule has 4 nitrogen and oxygen atoms in total. The second kappa shape index (κ2) is 4.91. The molecule has 1 aromatic carbocycles. The number of fused-ring (bicyclic) bond motifs is 1. The van der Waals surface area contributed by atoms with E-state index in [0.717, 1.165) is 12.1 Å². The SMILES string of the molecule is CC(=O)NC(C)(C)c1nc2cc(Cl)c(C(F)(F)F)cc2[nH]1. The number of halogens is 4. The number of amides is 1. The van der Waals surface area contributed by atoms with E-state index in [1.54, 1.807) is 13.8 Å². The largest absolute Gasteiger partial charge is 0.417 e. The van der Waals surface area contributed by atoms with E-state index in [9.17, 15) is 18.0 Å². The zero-order chi connectivity index (χ0) is 16.0. The van der Waals surface area contributed by atoms with Crippen molar-refractivity contribution in [2.45, 2.75) is 32.5 Å². The average molecular weight is 320 g/mol. The summed E-state index contributed by atoms with van der Waals surface area (Å²) < 4.78 is 38.4. The van der Waals surface area contributed by atoms with Gasteiger partial charge in [-0.05, 0) is 26.0 Å². The normalized spacial score (nSPS) is 12.7. The molecule has 0 saturated carbocycles. The summed E-state index contributed by atoms with van der Waals surface area (Å²) in [6.07, 6.45) is -4.54. The fraction of sp³-hybridized carbons (Fsp3) is 0.385. The second-order valence-corrected chi connectivity index (χ2v) is 5.65. The van der Waals surface area contributed by atoms with E-state index in [1.807, 2.05) is 0 Å². The lowest BCUT2D eigenvalue weighted by Crippen LogP contribution is -2.40. The van der Waals surface area contributed by atoms with E-state index in [-0.39, 0.29) is 11.4 Å². The van der Waals surface area contributed by atoms with Gasteiger partial charge in [-0.1, -0.05) is 11.6 Å². The number of hydrogen-bond donors (Lipinski definition) is 2. The molecule has 0 atom stereocenters. The third-order valence-corrected chi connectivity index (χ3v) is 3.27. The average Bonchev–Trinajstić information content (AvgIpc) is 2.68. The van der Waals surface area contributed by atoms with Gasteiger partial charge < -0.3 is 10.3 Å². The number of aromatic nitrogens is 2. The predicted octanol–water partition coefficient (Wildman–Crippen LogP) is 3.61. The maximum absolute atomic E-state index is 12.8. The molecule has 2 aromatic rings. The number of benzene rings is 1. The molecule has 1 amide bonds. The second-order valence-electron chi connectivity index (χ2n) is 5.24. The number of imidazole rings is 1. The van der Waals surface area contributed by atoms with E-state index in [0.29, 0.717) is 11.3 Å². The number of alkyl halides is 3. The Hall–Kier alpha value is -1.76. The number of nitrogens with one attached hydrogen (secondary N) is 2. The van der Waals surface area contributed by atoms with Crippen molar-refractivity contribution in [3.63, 3.8) is 0 Å². The molecule has 0 radical (unpaired) electrons. The van der Waals surface area contributed by atoms with Gasteiger partial charge in [-0.15, -0.1) is 0 Å². The minimum absolute atomic E-state index is 0.208. The van der Waals surface area contributed by atoms with Crippen LogP contribution in [0.1, 0.15) is 32.2 Å². The van der Waals surface area contributed by atoms with Crippen LogP contribution in [0.15, 0.2) is 12.1 Å². The van der Waals surface area contributed by atoms with E-state index >= 15 is 0 Å². The van der Waals surface area contributed by atoms with Crippen molar-refractivity contribution in [3.8, 4) is 0 Å².